The van der Waals surface area contributed by atoms with Crippen LogP contribution in [0.1, 0.15) is 16.7 Å². The molecule has 0 saturated carbocycles. The van der Waals surface area contributed by atoms with Crippen LogP contribution in [0.3, 0.4) is 0 Å². The summed E-state index contributed by atoms with van der Waals surface area (Å²) in [6.45, 7) is 1.31. The van der Waals surface area contributed by atoms with Gasteiger partial charge in [-0.15, -0.1) is 0 Å². The SMILES string of the molecule is NC(Cc1ccc(Cl)cc1)C(=O)N1Cc2ccccc2C1. The highest BCUT2D eigenvalue weighted by molar-refractivity contribution is 6.30. The van der Waals surface area contributed by atoms with Crippen LogP contribution in [0, 0.1) is 0 Å². The number of amides is 1. The van der Waals surface area contributed by atoms with Gasteiger partial charge in [0, 0.05) is 18.1 Å². The van der Waals surface area contributed by atoms with Gasteiger partial charge in [0.25, 0.3) is 0 Å². The Morgan fingerprint density at radius 3 is 2.24 bits per heavy atom. The van der Waals surface area contributed by atoms with Gasteiger partial charge in [0.2, 0.25) is 5.91 Å². The van der Waals surface area contributed by atoms with Crippen LogP contribution in [0.4, 0.5) is 0 Å². The van der Waals surface area contributed by atoms with E-state index in [-0.39, 0.29) is 5.91 Å². The summed E-state index contributed by atoms with van der Waals surface area (Å²) in [5.74, 6) is 0.00106. The van der Waals surface area contributed by atoms with Gasteiger partial charge in [0.1, 0.15) is 0 Å². The van der Waals surface area contributed by atoms with Gasteiger partial charge < -0.3 is 10.6 Å². The molecule has 0 fully saturated rings. The predicted octanol–water partition coefficient (Wildman–Crippen LogP) is 2.75. The third-order valence-corrected chi connectivity index (χ3v) is 4.09. The maximum Gasteiger partial charge on any atom is 0.240 e. The third kappa shape index (κ3) is 3.09. The van der Waals surface area contributed by atoms with Crippen molar-refractivity contribution < 1.29 is 4.79 Å². The molecule has 1 aliphatic rings. The number of nitrogens with zero attached hydrogens (tertiary/aromatic N) is 1. The lowest BCUT2D eigenvalue weighted by molar-refractivity contribution is -0.133. The van der Waals surface area contributed by atoms with E-state index in [2.05, 4.69) is 12.1 Å². The summed E-state index contributed by atoms with van der Waals surface area (Å²) in [4.78, 5) is 14.3. The number of carbonyl (C=O) groups is 1. The highest BCUT2D eigenvalue weighted by Gasteiger charge is 2.26. The highest BCUT2D eigenvalue weighted by Crippen LogP contribution is 2.23. The number of fused-ring (bicyclic) bond motifs is 1. The molecule has 0 spiro atoms. The Bertz CT molecular complexity index is 629. The van der Waals surface area contributed by atoms with Crippen LogP contribution >= 0.6 is 11.6 Å². The summed E-state index contributed by atoms with van der Waals surface area (Å²) < 4.78 is 0. The van der Waals surface area contributed by atoms with Gasteiger partial charge in [-0.25, -0.2) is 0 Å². The molecule has 1 heterocycles. The Balaban J connectivity index is 1.65. The van der Waals surface area contributed by atoms with Gasteiger partial charge in [-0.2, -0.15) is 0 Å². The number of benzene rings is 2. The molecule has 0 aliphatic carbocycles. The van der Waals surface area contributed by atoms with Crippen molar-refractivity contribution in [2.24, 2.45) is 5.73 Å². The van der Waals surface area contributed by atoms with Crippen LogP contribution in [-0.2, 0) is 24.3 Å². The molecule has 3 nitrogen and oxygen atoms in total. The molecular weight excluding hydrogens is 284 g/mol. The first-order valence-electron chi connectivity index (χ1n) is 6.99. The standard InChI is InChI=1S/C17H17ClN2O/c18-15-7-5-12(6-8-15)9-16(19)17(21)20-10-13-3-1-2-4-14(13)11-20/h1-8,16H,9-11,19H2. The normalized spacial score (nSPS) is 14.9. The first-order chi connectivity index (χ1) is 10.1. The second kappa shape index (κ2) is 5.88. The average Bonchev–Trinajstić information content (AvgIpc) is 2.92. The Hall–Kier alpha value is -1.84. The highest BCUT2D eigenvalue weighted by atomic mass is 35.5. The Morgan fingerprint density at radius 1 is 1.10 bits per heavy atom. The summed E-state index contributed by atoms with van der Waals surface area (Å²) in [6.07, 6.45) is 0.531. The van der Waals surface area contributed by atoms with E-state index in [1.54, 1.807) is 0 Å². The van der Waals surface area contributed by atoms with Gasteiger partial charge >= 0.3 is 0 Å². The lowest BCUT2D eigenvalue weighted by Gasteiger charge is -2.20. The maximum atomic E-state index is 12.5. The van der Waals surface area contributed by atoms with Crippen LogP contribution < -0.4 is 5.73 Å². The minimum absolute atomic E-state index is 0.00106. The fraction of sp³-hybridized carbons (Fsp3) is 0.235. The summed E-state index contributed by atoms with van der Waals surface area (Å²) >= 11 is 5.86. The summed E-state index contributed by atoms with van der Waals surface area (Å²) in [5.41, 5.74) is 9.53. The van der Waals surface area contributed by atoms with Crippen LogP contribution in [-0.4, -0.2) is 16.8 Å². The summed E-state index contributed by atoms with van der Waals surface area (Å²) in [7, 11) is 0. The van der Waals surface area contributed by atoms with Gasteiger partial charge in [-0.3, -0.25) is 4.79 Å². The largest absolute Gasteiger partial charge is 0.333 e. The molecule has 2 aromatic carbocycles. The zero-order chi connectivity index (χ0) is 14.8. The number of rotatable bonds is 3. The van der Waals surface area contributed by atoms with Gasteiger partial charge in [-0.1, -0.05) is 48.0 Å². The zero-order valence-electron chi connectivity index (χ0n) is 11.6. The summed E-state index contributed by atoms with van der Waals surface area (Å²) in [6, 6.07) is 15.1. The quantitative estimate of drug-likeness (QED) is 0.947. The second-order valence-corrected chi connectivity index (χ2v) is 5.84. The number of nitrogens with two attached hydrogens (primary N) is 1. The predicted molar refractivity (Wildman–Crippen MR) is 83.8 cm³/mol. The average molecular weight is 301 g/mol. The second-order valence-electron chi connectivity index (χ2n) is 5.40. The van der Waals surface area contributed by atoms with Crippen LogP contribution in [0.5, 0.6) is 0 Å². The van der Waals surface area contributed by atoms with E-state index in [0.29, 0.717) is 24.5 Å². The van der Waals surface area contributed by atoms with Crippen LogP contribution in [0.25, 0.3) is 0 Å². The van der Waals surface area contributed by atoms with Crippen LogP contribution in [0.15, 0.2) is 48.5 Å². The van der Waals surface area contributed by atoms with E-state index in [4.69, 9.17) is 17.3 Å². The van der Waals surface area contributed by atoms with E-state index in [0.717, 1.165) is 5.56 Å². The van der Waals surface area contributed by atoms with Gasteiger partial charge in [0.15, 0.2) is 0 Å². The van der Waals surface area contributed by atoms with Crippen molar-refractivity contribution in [3.8, 4) is 0 Å². The van der Waals surface area contributed by atoms with Crippen LogP contribution in [0.2, 0.25) is 5.02 Å². The molecule has 1 atom stereocenters. The van der Waals surface area contributed by atoms with Crippen molar-refractivity contribution in [3.05, 3.63) is 70.2 Å². The smallest absolute Gasteiger partial charge is 0.240 e. The molecule has 21 heavy (non-hydrogen) atoms. The van der Waals surface area contributed by atoms with Crippen molar-refractivity contribution in [3.63, 3.8) is 0 Å². The minimum atomic E-state index is -0.513. The molecule has 108 valence electrons. The fourth-order valence-corrected chi connectivity index (χ4v) is 2.81. The van der Waals surface area contributed by atoms with Crippen molar-refractivity contribution in [2.75, 3.05) is 0 Å². The molecule has 0 aromatic heterocycles. The zero-order valence-corrected chi connectivity index (χ0v) is 12.4. The van der Waals surface area contributed by atoms with E-state index in [9.17, 15) is 4.79 Å². The topological polar surface area (TPSA) is 46.3 Å². The number of hydrogen-bond donors (Lipinski definition) is 1. The van der Waals surface area contributed by atoms with E-state index < -0.39 is 6.04 Å². The van der Waals surface area contributed by atoms with Crippen molar-refractivity contribution in [1.29, 1.82) is 0 Å². The molecule has 0 saturated heterocycles. The molecule has 4 heteroatoms. The molecule has 0 bridgehead atoms. The third-order valence-electron chi connectivity index (χ3n) is 3.84. The van der Waals surface area contributed by atoms with E-state index in [1.807, 2.05) is 41.3 Å². The molecule has 0 radical (unpaired) electrons. The molecule has 1 unspecified atom stereocenters. The lowest BCUT2D eigenvalue weighted by Crippen LogP contribution is -2.42. The van der Waals surface area contributed by atoms with Crippen molar-refractivity contribution in [2.45, 2.75) is 25.6 Å². The number of hydrogen-bond acceptors (Lipinski definition) is 2. The molecule has 2 N–H and O–H groups in total. The lowest BCUT2D eigenvalue weighted by atomic mass is 10.1. The first kappa shape index (κ1) is 14.1. The minimum Gasteiger partial charge on any atom is -0.333 e. The van der Waals surface area contributed by atoms with Crippen molar-refractivity contribution >= 4 is 17.5 Å². The molecule has 2 aromatic rings. The number of carbonyl (C=O) groups excluding carboxylic acids is 1. The number of halogens is 1. The summed E-state index contributed by atoms with van der Waals surface area (Å²) in [5, 5.41) is 0.689. The van der Waals surface area contributed by atoms with Gasteiger partial charge in [-0.05, 0) is 35.2 Å². The molecule has 1 aliphatic heterocycles. The molecule has 1 amide bonds. The molecule has 3 rings (SSSR count). The Kier molecular flexibility index (Phi) is 3.95. The van der Waals surface area contributed by atoms with E-state index in [1.165, 1.54) is 11.1 Å². The first-order valence-corrected chi connectivity index (χ1v) is 7.37. The van der Waals surface area contributed by atoms with Gasteiger partial charge in [0.05, 0.1) is 6.04 Å². The Labute approximate surface area is 129 Å². The maximum absolute atomic E-state index is 12.5. The molecular formula is C17H17ClN2O. The Morgan fingerprint density at radius 2 is 1.67 bits per heavy atom. The van der Waals surface area contributed by atoms with Crippen molar-refractivity contribution in [1.82, 2.24) is 4.90 Å². The van der Waals surface area contributed by atoms with E-state index >= 15 is 0 Å². The monoisotopic (exact) mass is 300 g/mol. The fourth-order valence-electron chi connectivity index (χ4n) is 2.69.